The zero-order valence-electron chi connectivity index (χ0n) is 9.86. The van der Waals surface area contributed by atoms with Crippen LogP contribution in [0.3, 0.4) is 0 Å². The van der Waals surface area contributed by atoms with E-state index in [4.69, 9.17) is 4.74 Å². The first kappa shape index (κ1) is 11.8. The van der Waals surface area contributed by atoms with Gasteiger partial charge in [0.1, 0.15) is 6.04 Å². The number of hydrogen-bond donors (Lipinski definition) is 0. The summed E-state index contributed by atoms with van der Waals surface area (Å²) < 4.78 is 5.19. The minimum Gasteiger partial charge on any atom is -0.461 e. The molecule has 2 saturated heterocycles. The summed E-state index contributed by atoms with van der Waals surface area (Å²) in [6.07, 6.45) is 1.26. The molecule has 0 aromatic carbocycles. The molecule has 5 heteroatoms. The molecule has 0 saturated carbocycles. The van der Waals surface area contributed by atoms with Crippen molar-refractivity contribution in [3.63, 3.8) is 0 Å². The first-order valence-corrected chi connectivity index (χ1v) is 6.59. The predicted molar refractivity (Wildman–Crippen MR) is 62.0 cm³/mol. The summed E-state index contributed by atoms with van der Waals surface area (Å²) in [6.45, 7) is 5.68. The Bertz CT molecular complexity index is 331. The Morgan fingerprint density at radius 1 is 1.62 bits per heavy atom. The van der Waals surface area contributed by atoms with Gasteiger partial charge in [0, 0.05) is 12.2 Å². The number of nitrogens with zero attached hydrogens (tertiary/aromatic N) is 1. The average Bonchev–Trinajstić information content (AvgIpc) is 2.64. The van der Waals surface area contributed by atoms with E-state index in [0.29, 0.717) is 12.2 Å². The lowest BCUT2D eigenvalue weighted by molar-refractivity contribution is -0.156. The fraction of sp³-hybridized carbons (Fsp3) is 0.818. The number of rotatable bonds is 2. The summed E-state index contributed by atoms with van der Waals surface area (Å²) in [5.41, 5.74) is 0. The van der Waals surface area contributed by atoms with Crippen LogP contribution in [0.4, 0.5) is 0 Å². The Balaban J connectivity index is 2.13. The first-order valence-electron chi connectivity index (χ1n) is 5.61. The third-order valence-corrected chi connectivity index (χ3v) is 4.57. The number of amides is 1. The minimum absolute atomic E-state index is 0.0817. The fourth-order valence-corrected chi connectivity index (χ4v) is 3.72. The normalized spacial score (nSPS) is 33.4. The Labute approximate surface area is 99.7 Å². The van der Waals surface area contributed by atoms with Gasteiger partial charge in [-0.15, -0.1) is 11.8 Å². The molecule has 2 rings (SSSR count). The Morgan fingerprint density at radius 2 is 2.31 bits per heavy atom. The van der Waals surface area contributed by atoms with Gasteiger partial charge in [-0.1, -0.05) is 0 Å². The zero-order valence-corrected chi connectivity index (χ0v) is 10.7. The van der Waals surface area contributed by atoms with Crippen LogP contribution < -0.4 is 0 Å². The van der Waals surface area contributed by atoms with Crippen molar-refractivity contribution in [3.05, 3.63) is 0 Å². The van der Waals surface area contributed by atoms with E-state index in [2.05, 4.69) is 0 Å². The minimum atomic E-state index is -0.382. The second kappa shape index (κ2) is 3.95. The highest BCUT2D eigenvalue weighted by molar-refractivity contribution is 8.01. The van der Waals surface area contributed by atoms with E-state index >= 15 is 0 Å². The molecule has 0 aromatic rings. The molecule has 0 radical (unpaired) electrons. The first-order chi connectivity index (χ1) is 7.44. The van der Waals surface area contributed by atoms with Crippen LogP contribution in [0.25, 0.3) is 0 Å². The number of hydrogen-bond acceptors (Lipinski definition) is 4. The third-order valence-electron chi connectivity index (χ3n) is 3.07. The number of ether oxygens (including phenoxy) is 1. The fourth-order valence-electron chi connectivity index (χ4n) is 2.31. The molecule has 4 nitrogen and oxygen atoms in total. The van der Waals surface area contributed by atoms with Crippen molar-refractivity contribution in [2.75, 3.05) is 5.75 Å². The molecule has 2 heterocycles. The molecule has 2 atom stereocenters. The van der Waals surface area contributed by atoms with Crippen molar-refractivity contribution in [2.24, 2.45) is 0 Å². The summed E-state index contributed by atoms with van der Waals surface area (Å²) in [5.74, 6) is 0.480. The van der Waals surface area contributed by atoms with Gasteiger partial charge in [0.15, 0.2) is 0 Å². The van der Waals surface area contributed by atoms with Crippen molar-refractivity contribution in [1.29, 1.82) is 0 Å². The van der Waals surface area contributed by atoms with Crippen molar-refractivity contribution in [2.45, 2.75) is 50.6 Å². The van der Waals surface area contributed by atoms with Gasteiger partial charge in [-0.25, -0.2) is 4.79 Å². The maximum Gasteiger partial charge on any atom is 0.330 e. The lowest BCUT2D eigenvalue weighted by Crippen LogP contribution is -2.47. The third kappa shape index (κ3) is 1.81. The molecule has 1 amide bonds. The summed E-state index contributed by atoms with van der Waals surface area (Å²) in [7, 11) is 0. The number of esters is 1. The highest BCUT2D eigenvalue weighted by atomic mass is 32.2. The topological polar surface area (TPSA) is 46.6 Å². The Kier molecular flexibility index (Phi) is 2.90. The average molecular weight is 243 g/mol. The molecule has 2 aliphatic heterocycles. The number of carbonyl (C=O) groups is 2. The monoisotopic (exact) mass is 243 g/mol. The van der Waals surface area contributed by atoms with E-state index in [9.17, 15) is 9.59 Å². The van der Waals surface area contributed by atoms with E-state index in [0.717, 1.165) is 6.42 Å². The predicted octanol–water partition coefficient (Wildman–Crippen LogP) is 1.39. The van der Waals surface area contributed by atoms with Gasteiger partial charge in [-0.3, -0.25) is 4.79 Å². The van der Waals surface area contributed by atoms with Crippen molar-refractivity contribution in [3.8, 4) is 0 Å². The van der Waals surface area contributed by atoms with Crippen LogP contribution in [0, 0.1) is 0 Å². The molecule has 2 fully saturated rings. The maximum atomic E-state index is 11.9. The van der Waals surface area contributed by atoms with Crippen LogP contribution in [0.5, 0.6) is 0 Å². The van der Waals surface area contributed by atoms with Crippen LogP contribution in [-0.4, -0.2) is 39.5 Å². The summed E-state index contributed by atoms with van der Waals surface area (Å²) in [6, 6.07) is -0.382. The second-order valence-corrected chi connectivity index (χ2v) is 6.25. The van der Waals surface area contributed by atoms with Crippen molar-refractivity contribution < 1.29 is 14.3 Å². The van der Waals surface area contributed by atoms with Gasteiger partial charge in [0.2, 0.25) is 5.91 Å². The Hall–Kier alpha value is -0.710. The van der Waals surface area contributed by atoms with Gasteiger partial charge in [-0.05, 0) is 27.2 Å². The van der Waals surface area contributed by atoms with Gasteiger partial charge in [0.25, 0.3) is 0 Å². The lowest BCUT2D eigenvalue weighted by Gasteiger charge is -2.29. The van der Waals surface area contributed by atoms with E-state index in [1.807, 2.05) is 20.8 Å². The van der Waals surface area contributed by atoms with Gasteiger partial charge in [0.05, 0.1) is 11.0 Å². The summed E-state index contributed by atoms with van der Waals surface area (Å²) in [4.78, 5) is 25.2. The van der Waals surface area contributed by atoms with Crippen LogP contribution >= 0.6 is 11.8 Å². The lowest BCUT2D eigenvalue weighted by atomic mass is 10.2. The maximum absolute atomic E-state index is 11.9. The number of thioether (sulfide) groups is 1. The number of carbonyl (C=O) groups excluding carboxylic acids is 2. The summed E-state index contributed by atoms with van der Waals surface area (Å²) in [5, 5.41) is 0. The van der Waals surface area contributed by atoms with E-state index in [1.54, 1.807) is 16.7 Å². The molecule has 0 aliphatic carbocycles. The van der Waals surface area contributed by atoms with E-state index in [-0.39, 0.29) is 28.9 Å². The van der Waals surface area contributed by atoms with Crippen molar-refractivity contribution in [1.82, 2.24) is 4.90 Å². The molecule has 0 unspecified atom stereocenters. The molecule has 0 aromatic heterocycles. The highest BCUT2D eigenvalue weighted by Crippen LogP contribution is 2.47. The SMILES string of the molecule is CC(C)OC(=O)[C@H]1CS[C@@]2(C)CCC(=O)N12. The molecular weight excluding hydrogens is 226 g/mol. The Morgan fingerprint density at radius 3 is 2.94 bits per heavy atom. The van der Waals surface area contributed by atoms with Crippen LogP contribution in [0.15, 0.2) is 0 Å². The molecule has 0 bridgehead atoms. The highest BCUT2D eigenvalue weighted by Gasteiger charge is 2.53. The van der Waals surface area contributed by atoms with E-state index < -0.39 is 0 Å². The van der Waals surface area contributed by atoms with E-state index in [1.165, 1.54) is 0 Å². The van der Waals surface area contributed by atoms with Gasteiger partial charge < -0.3 is 9.64 Å². The van der Waals surface area contributed by atoms with Crippen LogP contribution in [0.1, 0.15) is 33.6 Å². The largest absolute Gasteiger partial charge is 0.461 e. The van der Waals surface area contributed by atoms with Crippen LogP contribution in [-0.2, 0) is 14.3 Å². The molecule has 0 spiro atoms. The quantitative estimate of drug-likeness (QED) is 0.688. The summed E-state index contributed by atoms with van der Waals surface area (Å²) >= 11 is 1.69. The number of fused-ring (bicyclic) bond motifs is 1. The zero-order chi connectivity index (χ0) is 11.9. The molecule has 90 valence electrons. The molecular formula is C11H17NO3S. The standard InChI is InChI=1S/C11H17NO3S/c1-7(2)15-10(14)8-6-16-11(3)5-4-9(13)12(8)11/h7-8H,4-6H2,1-3H3/t8-,11+/m1/s1. The van der Waals surface area contributed by atoms with Gasteiger partial charge >= 0.3 is 5.97 Å². The molecule has 2 aliphatic rings. The second-order valence-electron chi connectivity index (χ2n) is 4.75. The smallest absolute Gasteiger partial charge is 0.330 e. The van der Waals surface area contributed by atoms with Crippen molar-refractivity contribution >= 4 is 23.6 Å². The molecule has 16 heavy (non-hydrogen) atoms. The van der Waals surface area contributed by atoms with Gasteiger partial charge in [-0.2, -0.15) is 0 Å². The van der Waals surface area contributed by atoms with Crippen LogP contribution in [0.2, 0.25) is 0 Å². The molecule has 0 N–H and O–H groups in total.